The second kappa shape index (κ2) is 6.59. The Hall–Kier alpha value is -3.07. The third-order valence-electron chi connectivity index (χ3n) is 3.33. The molecule has 8 nitrogen and oxygen atoms in total. The van der Waals surface area contributed by atoms with E-state index >= 15 is 0 Å². The fourth-order valence-corrected chi connectivity index (χ4v) is 2.31. The number of H-pyrrole nitrogens is 1. The summed E-state index contributed by atoms with van der Waals surface area (Å²) in [5.41, 5.74) is 6.41. The van der Waals surface area contributed by atoms with Gasteiger partial charge in [0.05, 0.1) is 25.3 Å². The molecule has 3 aromatic rings. The molecule has 0 atom stereocenters. The molecular formula is C15H15FN6O2. The highest BCUT2D eigenvalue weighted by Gasteiger charge is 2.17. The number of aromatic nitrogens is 5. The predicted molar refractivity (Wildman–Crippen MR) is 83.0 cm³/mol. The molecule has 0 aliphatic carbocycles. The Balaban J connectivity index is 1.98. The van der Waals surface area contributed by atoms with Crippen LogP contribution < -0.4 is 5.73 Å². The van der Waals surface area contributed by atoms with Crippen molar-refractivity contribution in [3.8, 4) is 22.8 Å². The Bertz CT molecular complexity index is 872. The molecule has 1 aromatic carbocycles. The summed E-state index contributed by atoms with van der Waals surface area (Å²) in [6.07, 6.45) is -0.111. The first-order valence-corrected chi connectivity index (χ1v) is 7.22. The van der Waals surface area contributed by atoms with Gasteiger partial charge in [-0.05, 0) is 18.2 Å². The van der Waals surface area contributed by atoms with Crippen LogP contribution in [0.4, 0.5) is 4.39 Å². The quantitative estimate of drug-likeness (QED) is 0.607. The summed E-state index contributed by atoms with van der Waals surface area (Å²) < 4.78 is 15.3. The van der Waals surface area contributed by atoms with E-state index in [1.165, 1.54) is 10.7 Å². The smallest absolute Gasteiger partial charge is 0.225 e. The van der Waals surface area contributed by atoms with E-state index in [0.717, 1.165) is 0 Å². The molecule has 0 aliphatic heterocycles. The number of aliphatic hydroxyl groups excluding tert-OH is 1. The number of hydrogen-bond acceptors (Lipinski definition) is 5. The van der Waals surface area contributed by atoms with E-state index in [-0.39, 0.29) is 31.2 Å². The number of nitrogens with one attached hydrogen (secondary N) is 1. The minimum atomic E-state index is -0.556. The van der Waals surface area contributed by atoms with E-state index in [1.807, 2.05) is 0 Å². The average Bonchev–Trinajstić information content (AvgIpc) is 3.14. The first kappa shape index (κ1) is 15.8. The molecule has 124 valence electrons. The number of carbonyl (C=O) groups is 1. The van der Waals surface area contributed by atoms with Gasteiger partial charge in [0, 0.05) is 5.56 Å². The molecule has 0 saturated carbocycles. The molecule has 0 spiro atoms. The molecular weight excluding hydrogens is 315 g/mol. The van der Waals surface area contributed by atoms with Crippen molar-refractivity contribution in [1.82, 2.24) is 25.0 Å². The molecule has 2 heterocycles. The van der Waals surface area contributed by atoms with Crippen LogP contribution in [-0.2, 0) is 17.8 Å². The Morgan fingerprint density at radius 1 is 1.38 bits per heavy atom. The minimum Gasteiger partial charge on any atom is -0.394 e. The van der Waals surface area contributed by atoms with Crippen LogP contribution in [0.5, 0.6) is 0 Å². The number of aromatic amines is 1. The van der Waals surface area contributed by atoms with Gasteiger partial charge in [0.15, 0.2) is 11.6 Å². The van der Waals surface area contributed by atoms with Crippen molar-refractivity contribution in [2.75, 3.05) is 6.61 Å². The van der Waals surface area contributed by atoms with Crippen molar-refractivity contribution >= 4 is 5.91 Å². The highest BCUT2D eigenvalue weighted by atomic mass is 19.1. The molecule has 9 heteroatoms. The second-order valence-corrected chi connectivity index (χ2v) is 5.09. The number of halogens is 1. The van der Waals surface area contributed by atoms with Crippen molar-refractivity contribution in [2.45, 2.75) is 13.0 Å². The van der Waals surface area contributed by atoms with E-state index in [9.17, 15) is 9.18 Å². The molecule has 2 aromatic heterocycles. The third-order valence-corrected chi connectivity index (χ3v) is 3.33. The Labute approximate surface area is 136 Å². The van der Waals surface area contributed by atoms with E-state index in [0.29, 0.717) is 22.8 Å². The van der Waals surface area contributed by atoms with Crippen LogP contribution in [0.25, 0.3) is 22.8 Å². The number of aliphatic hydroxyl groups is 1. The Kier molecular flexibility index (Phi) is 4.34. The first-order chi connectivity index (χ1) is 11.6. The monoisotopic (exact) mass is 330 g/mol. The molecule has 0 unspecified atom stereocenters. The number of hydrogen-bond donors (Lipinski definition) is 3. The van der Waals surface area contributed by atoms with Gasteiger partial charge in [-0.15, -0.1) is 0 Å². The fraction of sp³-hybridized carbons (Fsp3) is 0.200. The summed E-state index contributed by atoms with van der Waals surface area (Å²) in [4.78, 5) is 15.3. The summed E-state index contributed by atoms with van der Waals surface area (Å²) in [7, 11) is 0. The van der Waals surface area contributed by atoms with E-state index < -0.39 is 5.91 Å². The zero-order valence-corrected chi connectivity index (χ0v) is 12.6. The average molecular weight is 330 g/mol. The largest absolute Gasteiger partial charge is 0.394 e. The van der Waals surface area contributed by atoms with Gasteiger partial charge in [-0.2, -0.15) is 10.2 Å². The van der Waals surface area contributed by atoms with Gasteiger partial charge in [-0.25, -0.2) is 14.1 Å². The number of primary amides is 1. The lowest BCUT2D eigenvalue weighted by Gasteiger charge is -2.00. The molecule has 0 bridgehead atoms. The Morgan fingerprint density at radius 2 is 2.17 bits per heavy atom. The highest BCUT2D eigenvalue weighted by Crippen LogP contribution is 2.24. The Morgan fingerprint density at radius 3 is 2.88 bits per heavy atom. The van der Waals surface area contributed by atoms with Crippen molar-refractivity contribution in [3.63, 3.8) is 0 Å². The highest BCUT2D eigenvalue weighted by molar-refractivity contribution is 5.75. The number of benzene rings is 1. The minimum absolute atomic E-state index is 0.111. The van der Waals surface area contributed by atoms with Crippen LogP contribution in [0.15, 0.2) is 30.3 Å². The first-order valence-electron chi connectivity index (χ1n) is 7.22. The third kappa shape index (κ3) is 3.15. The number of nitrogens with zero attached hydrogens (tertiary/aromatic N) is 4. The van der Waals surface area contributed by atoms with Gasteiger partial charge in [-0.1, -0.05) is 12.1 Å². The molecule has 0 radical (unpaired) electrons. The van der Waals surface area contributed by atoms with Crippen molar-refractivity contribution in [2.24, 2.45) is 5.73 Å². The maximum Gasteiger partial charge on any atom is 0.225 e. The summed E-state index contributed by atoms with van der Waals surface area (Å²) >= 11 is 0. The number of carbonyl (C=O) groups excluding carboxylic acids is 1. The van der Waals surface area contributed by atoms with Crippen LogP contribution in [0.3, 0.4) is 0 Å². The molecule has 0 aliphatic rings. The van der Waals surface area contributed by atoms with Gasteiger partial charge in [0.2, 0.25) is 5.91 Å². The summed E-state index contributed by atoms with van der Waals surface area (Å²) in [5, 5.41) is 20.2. The van der Waals surface area contributed by atoms with Crippen molar-refractivity contribution < 1.29 is 14.3 Å². The standard InChI is InChI=1S/C15H15FN6O2/c16-10-4-2-1-3-9(10)11-7-12(20-19-11)15-18-14(8-13(17)24)21-22(15)5-6-23/h1-4,7,23H,5-6,8H2,(H2,17,24)(H,19,20). The topological polar surface area (TPSA) is 123 Å². The zero-order valence-electron chi connectivity index (χ0n) is 12.6. The molecule has 3 rings (SSSR count). The maximum atomic E-state index is 13.9. The lowest BCUT2D eigenvalue weighted by molar-refractivity contribution is -0.117. The molecule has 0 saturated heterocycles. The van der Waals surface area contributed by atoms with Crippen molar-refractivity contribution in [1.29, 1.82) is 0 Å². The van der Waals surface area contributed by atoms with Crippen molar-refractivity contribution in [3.05, 3.63) is 42.0 Å². The second-order valence-electron chi connectivity index (χ2n) is 5.09. The molecule has 4 N–H and O–H groups in total. The summed E-state index contributed by atoms with van der Waals surface area (Å²) in [6.45, 7) is 0.0375. The van der Waals surface area contributed by atoms with Gasteiger partial charge in [-0.3, -0.25) is 9.89 Å². The zero-order chi connectivity index (χ0) is 17.1. The molecule has 1 amide bonds. The number of nitrogens with two attached hydrogens (primary N) is 1. The van der Waals surface area contributed by atoms with Crippen LogP contribution in [0.1, 0.15) is 5.82 Å². The lowest BCUT2D eigenvalue weighted by atomic mass is 10.1. The van der Waals surface area contributed by atoms with Crippen LogP contribution >= 0.6 is 0 Å². The molecule has 0 fully saturated rings. The summed E-state index contributed by atoms with van der Waals surface area (Å²) in [6, 6.07) is 7.91. The van der Waals surface area contributed by atoms with E-state index in [2.05, 4.69) is 20.3 Å². The fourth-order valence-electron chi connectivity index (χ4n) is 2.31. The summed E-state index contributed by atoms with van der Waals surface area (Å²) in [5.74, 6) is -0.315. The van der Waals surface area contributed by atoms with Crippen LogP contribution in [0.2, 0.25) is 0 Å². The van der Waals surface area contributed by atoms with E-state index in [4.69, 9.17) is 10.8 Å². The SMILES string of the molecule is NC(=O)Cc1nc(-c2cc(-c3ccccc3F)n[nH]2)n(CCO)n1. The van der Waals surface area contributed by atoms with Crippen LogP contribution in [-0.4, -0.2) is 42.6 Å². The lowest BCUT2D eigenvalue weighted by Crippen LogP contribution is -2.15. The van der Waals surface area contributed by atoms with E-state index in [1.54, 1.807) is 24.3 Å². The number of rotatable bonds is 6. The normalized spacial score (nSPS) is 10.9. The van der Waals surface area contributed by atoms with Crippen LogP contribution in [0, 0.1) is 5.82 Å². The van der Waals surface area contributed by atoms with Gasteiger partial charge in [0.25, 0.3) is 0 Å². The maximum absolute atomic E-state index is 13.9. The number of amides is 1. The predicted octanol–water partition coefficient (Wildman–Crippen LogP) is 0.494. The van der Waals surface area contributed by atoms with Gasteiger partial charge >= 0.3 is 0 Å². The molecule has 24 heavy (non-hydrogen) atoms. The van der Waals surface area contributed by atoms with Gasteiger partial charge < -0.3 is 10.8 Å². The van der Waals surface area contributed by atoms with Gasteiger partial charge in [0.1, 0.15) is 11.5 Å².